The molecular weight excluding hydrogens is 312 g/mol. The topological polar surface area (TPSA) is 63.4 Å². The van der Waals surface area contributed by atoms with Crippen molar-refractivity contribution in [2.45, 2.75) is 4.90 Å². The maximum absolute atomic E-state index is 12.7. The van der Waals surface area contributed by atoms with Gasteiger partial charge in [-0.1, -0.05) is 24.3 Å². The van der Waals surface area contributed by atoms with Gasteiger partial charge in [0, 0.05) is 11.9 Å². The Bertz CT molecular complexity index is 936. The molecule has 0 radical (unpaired) electrons. The Labute approximate surface area is 136 Å². The van der Waals surface area contributed by atoms with Crippen LogP contribution in [0.5, 0.6) is 0 Å². The summed E-state index contributed by atoms with van der Waals surface area (Å²) in [6.45, 7) is 0. The number of hydrogen-bond donors (Lipinski definition) is 0. The third-order valence-electron chi connectivity index (χ3n) is 3.45. The summed E-state index contributed by atoms with van der Waals surface area (Å²) in [5.41, 5.74) is 0.528. The van der Waals surface area contributed by atoms with Crippen LogP contribution in [-0.4, -0.2) is 24.2 Å². The van der Waals surface area contributed by atoms with E-state index in [1.807, 2.05) is 18.4 Å². The molecule has 3 rings (SSSR count). The molecule has 0 N–H and O–H groups in total. The van der Waals surface area contributed by atoms with E-state index in [9.17, 15) is 9.59 Å². The van der Waals surface area contributed by atoms with Crippen LogP contribution in [0.3, 0.4) is 0 Å². The van der Waals surface area contributed by atoms with E-state index in [1.54, 1.807) is 43.4 Å². The molecular formula is C17H14N2O3S. The number of benzene rings is 2. The second-order valence-corrected chi connectivity index (χ2v) is 5.71. The Morgan fingerprint density at radius 3 is 2.61 bits per heavy atom. The van der Waals surface area contributed by atoms with Crippen LogP contribution >= 0.6 is 11.8 Å². The summed E-state index contributed by atoms with van der Waals surface area (Å²) < 4.78 is 5.20. The van der Waals surface area contributed by atoms with Crippen LogP contribution in [-0.2, 0) is 0 Å². The molecule has 116 valence electrons. The van der Waals surface area contributed by atoms with Crippen molar-refractivity contribution >= 4 is 34.6 Å². The molecule has 0 aliphatic carbocycles. The van der Waals surface area contributed by atoms with Crippen LogP contribution in [0.1, 0.15) is 10.4 Å². The number of para-hydroxylation sites is 1. The summed E-state index contributed by atoms with van der Waals surface area (Å²) in [6, 6.07) is 14.1. The largest absolute Gasteiger partial charge is 0.388 e. The highest BCUT2D eigenvalue weighted by atomic mass is 32.2. The summed E-state index contributed by atoms with van der Waals surface area (Å²) >= 11 is 1.48. The zero-order chi connectivity index (χ0) is 16.4. The number of carbonyl (C=O) groups excluding carboxylic acids is 1. The predicted molar refractivity (Wildman–Crippen MR) is 91.2 cm³/mol. The minimum Gasteiger partial charge on any atom is -0.388 e. The molecule has 5 nitrogen and oxygen atoms in total. The van der Waals surface area contributed by atoms with Gasteiger partial charge in [-0.25, -0.2) is 4.79 Å². The van der Waals surface area contributed by atoms with Crippen LogP contribution in [0.4, 0.5) is 6.01 Å². The molecule has 0 bridgehead atoms. The molecule has 3 aromatic rings. The number of anilines is 1. The Hall–Kier alpha value is -2.60. The third kappa shape index (κ3) is 2.85. The highest BCUT2D eigenvalue weighted by Crippen LogP contribution is 2.23. The van der Waals surface area contributed by atoms with Crippen LogP contribution in [0.15, 0.2) is 62.6 Å². The van der Waals surface area contributed by atoms with Crippen molar-refractivity contribution in [1.29, 1.82) is 0 Å². The Balaban J connectivity index is 2.04. The first-order valence-corrected chi connectivity index (χ1v) is 8.15. The number of hydrogen-bond acceptors (Lipinski definition) is 5. The molecule has 1 amide bonds. The van der Waals surface area contributed by atoms with Gasteiger partial charge in [0.2, 0.25) is 0 Å². The van der Waals surface area contributed by atoms with Gasteiger partial charge in [0.05, 0.1) is 16.5 Å². The van der Waals surface area contributed by atoms with Gasteiger partial charge in [-0.2, -0.15) is 4.98 Å². The lowest BCUT2D eigenvalue weighted by Gasteiger charge is -2.16. The van der Waals surface area contributed by atoms with Gasteiger partial charge in [0.15, 0.2) is 0 Å². The molecule has 0 unspecified atom stereocenters. The molecule has 0 aliphatic heterocycles. The molecule has 0 fully saturated rings. The summed E-state index contributed by atoms with van der Waals surface area (Å²) in [7, 11) is 1.54. The summed E-state index contributed by atoms with van der Waals surface area (Å²) in [4.78, 5) is 31.1. The average Bonchev–Trinajstić information content (AvgIpc) is 2.60. The average molecular weight is 326 g/mol. The van der Waals surface area contributed by atoms with Crippen molar-refractivity contribution in [3.63, 3.8) is 0 Å². The smallest absolute Gasteiger partial charge is 0.348 e. The Kier molecular flexibility index (Phi) is 4.16. The van der Waals surface area contributed by atoms with Gasteiger partial charge in [0.1, 0.15) is 0 Å². The number of rotatable bonds is 3. The molecule has 1 aromatic heterocycles. The van der Waals surface area contributed by atoms with Crippen LogP contribution in [0.2, 0.25) is 0 Å². The summed E-state index contributed by atoms with van der Waals surface area (Å²) in [5, 5.41) is 0.390. The number of fused-ring (bicyclic) bond motifs is 1. The van der Waals surface area contributed by atoms with Gasteiger partial charge in [-0.05, 0) is 30.5 Å². The zero-order valence-electron chi connectivity index (χ0n) is 12.6. The standard InChI is InChI=1S/C17H14N2O3S/c1-19(15(20)12-8-4-6-10-14(12)23-2)17-18-13-9-5-3-7-11(13)16(21)22-17/h3-10H,1-2H3. The Morgan fingerprint density at radius 2 is 1.83 bits per heavy atom. The van der Waals surface area contributed by atoms with Crippen molar-refractivity contribution in [1.82, 2.24) is 4.98 Å². The lowest BCUT2D eigenvalue weighted by atomic mass is 10.2. The first-order valence-electron chi connectivity index (χ1n) is 6.93. The fraction of sp³-hybridized carbons (Fsp3) is 0.118. The minimum atomic E-state index is -0.511. The zero-order valence-corrected chi connectivity index (χ0v) is 13.5. The first-order chi connectivity index (χ1) is 11.1. The van der Waals surface area contributed by atoms with E-state index in [1.165, 1.54) is 16.7 Å². The van der Waals surface area contributed by atoms with Crippen LogP contribution in [0.25, 0.3) is 10.9 Å². The third-order valence-corrected chi connectivity index (χ3v) is 4.25. The summed E-state index contributed by atoms with van der Waals surface area (Å²) in [6.07, 6.45) is 1.90. The molecule has 6 heteroatoms. The van der Waals surface area contributed by atoms with Crippen LogP contribution < -0.4 is 10.5 Å². The van der Waals surface area contributed by atoms with E-state index in [-0.39, 0.29) is 11.9 Å². The highest BCUT2D eigenvalue weighted by Gasteiger charge is 2.20. The van der Waals surface area contributed by atoms with E-state index in [0.29, 0.717) is 16.5 Å². The van der Waals surface area contributed by atoms with E-state index in [0.717, 1.165) is 4.90 Å². The maximum atomic E-state index is 12.7. The first kappa shape index (κ1) is 15.3. The lowest BCUT2D eigenvalue weighted by molar-refractivity contribution is 0.0984. The number of nitrogens with zero attached hydrogens (tertiary/aromatic N) is 2. The second kappa shape index (κ2) is 6.26. The molecule has 0 saturated heterocycles. The minimum absolute atomic E-state index is 0.0189. The number of amides is 1. The van der Waals surface area contributed by atoms with Gasteiger partial charge in [0.25, 0.3) is 5.91 Å². The van der Waals surface area contributed by atoms with Crippen molar-refractivity contribution in [2.24, 2.45) is 0 Å². The second-order valence-electron chi connectivity index (χ2n) is 4.87. The van der Waals surface area contributed by atoms with E-state index < -0.39 is 5.63 Å². The molecule has 2 aromatic carbocycles. The normalized spacial score (nSPS) is 10.7. The summed E-state index contributed by atoms with van der Waals surface area (Å²) in [5.74, 6) is -0.277. The SMILES string of the molecule is CSc1ccccc1C(=O)N(C)c1nc2ccccc2c(=O)o1. The maximum Gasteiger partial charge on any atom is 0.348 e. The van der Waals surface area contributed by atoms with Crippen molar-refractivity contribution in [3.05, 3.63) is 64.5 Å². The quantitative estimate of drug-likeness (QED) is 0.692. The van der Waals surface area contributed by atoms with E-state index >= 15 is 0 Å². The lowest BCUT2D eigenvalue weighted by Crippen LogP contribution is -2.28. The molecule has 1 heterocycles. The van der Waals surface area contributed by atoms with Gasteiger partial charge in [-0.3, -0.25) is 9.69 Å². The van der Waals surface area contributed by atoms with Crippen molar-refractivity contribution < 1.29 is 9.21 Å². The van der Waals surface area contributed by atoms with Crippen molar-refractivity contribution in [3.8, 4) is 0 Å². The molecule has 0 atom stereocenters. The van der Waals surface area contributed by atoms with Crippen molar-refractivity contribution in [2.75, 3.05) is 18.2 Å². The number of aromatic nitrogens is 1. The predicted octanol–water partition coefficient (Wildman–Crippen LogP) is 3.19. The fourth-order valence-electron chi connectivity index (χ4n) is 2.24. The van der Waals surface area contributed by atoms with Gasteiger partial charge in [-0.15, -0.1) is 11.8 Å². The number of carbonyl (C=O) groups is 1. The Morgan fingerprint density at radius 1 is 1.13 bits per heavy atom. The molecule has 0 saturated carbocycles. The fourth-order valence-corrected chi connectivity index (χ4v) is 2.83. The highest BCUT2D eigenvalue weighted by molar-refractivity contribution is 7.98. The van der Waals surface area contributed by atoms with Gasteiger partial charge < -0.3 is 4.42 Å². The van der Waals surface area contributed by atoms with Gasteiger partial charge >= 0.3 is 11.6 Å². The molecule has 23 heavy (non-hydrogen) atoms. The van der Waals surface area contributed by atoms with Crippen LogP contribution in [0, 0.1) is 0 Å². The van der Waals surface area contributed by atoms with E-state index in [4.69, 9.17) is 4.42 Å². The molecule has 0 aliphatic rings. The molecule has 0 spiro atoms. The van der Waals surface area contributed by atoms with E-state index in [2.05, 4.69) is 4.98 Å². The number of thioether (sulfide) groups is 1. The monoisotopic (exact) mass is 326 g/mol.